The van der Waals surface area contributed by atoms with E-state index < -0.39 is 0 Å². The SMILES string of the molecule is CC(NC1CCN(C)CC1C)c1ccccc1[N+](=O)[O-]. The first-order valence-corrected chi connectivity index (χ1v) is 7.17. The molecule has 1 aromatic carbocycles. The molecule has 0 bridgehead atoms. The topological polar surface area (TPSA) is 58.4 Å². The fraction of sp³-hybridized carbons (Fsp3) is 0.600. The van der Waals surface area contributed by atoms with Gasteiger partial charge in [0.1, 0.15) is 0 Å². The van der Waals surface area contributed by atoms with E-state index in [0.29, 0.717) is 12.0 Å². The summed E-state index contributed by atoms with van der Waals surface area (Å²) in [7, 11) is 2.14. The van der Waals surface area contributed by atoms with Gasteiger partial charge in [-0.3, -0.25) is 10.1 Å². The van der Waals surface area contributed by atoms with E-state index >= 15 is 0 Å². The Bertz CT molecular complexity index is 478. The van der Waals surface area contributed by atoms with Crippen molar-refractivity contribution in [2.24, 2.45) is 5.92 Å². The molecule has 1 aliphatic heterocycles. The zero-order valence-electron chi connectivity index (χ0n) is 12.4. The van der Waals surface area contributed by atoms with Crippen LogP contribution in [0.2, 0.25) is 0 Å². The molecule has 110 valence electrons. The molecule has 1 aromatic rings. The van der Waals surface area contributed by atoms with Crippen LogP contribution in [0.5, 0.6) is 0 Å². The second kappa shape index (κ2) is 6.33. The highest BCUT2D eigenvalue weighted by Gasteiger charge is 2.27. The van der Waals surface area contributed by atoms with Gasteiger partial charge < -0.3 is 10.2 Å². The summed E-state index contributed by atoms with van der Waals surface area (Å²) in [5.41, 5.74) is 0.969. The zero-order chi connectivity index (χ0) is 14.7. The molecule has 1 N–H and O–H groups in total. The van der Waals surface area contributed by atoms with Crippen molar-refractivity contribution in [2.75, 3.05) is 20.1 Å². The van der Waals surface area contributed by atoms with Crippen LogP contribution in [0.1, 0.15) is 31.9 Å². The summed E-state index contributed by atoms with van der Waals surface area (Å²) in [4.78, 5) is 13.1. The van der Waals surface area contributed by atoms with Crippen LogP contribution in [-0.2, 0) is 0 Å². The van der Waals surface area contributed by atoms with Crippen LogP contribution < -0.4 is 5.32 Å². The van der Waals surface area contributed by atoms with Gasteiger partial charge in [0, 0.05) is 30.3 Å². The first kappa shape index (κ1) is 14.9. The van der Waals surface area contributed by atoms with Crippen molar-refractivity contribution in [3.05, 3.63) is 39.9 Å². The number of nitrogens with zero attached hydrogens (tertiary/aromatic N) is 2. The standard InChI is InChI=1S/C15H23N3O2/c1-11-10-17(3)9-8-14(11)16-12(2)13-6-4-5-7-15(13)18(19)20/h4-7,11-12,14,16H,8-10H2,1-3H3. The number of nitrogens with one attached hydrogen (secondary N) is 1. The molecule has 20 heavy (non-hydrogen) atoms. The lowest BCUT2D eigenvalue weighted by Gasteiger charge is -2.37. The monoisotopic (exact) mass is 277 g/mol. The molecule has 5 nitrogen and oxygen atoms in total. The summed E-state index contributed by atoms with van der Waals surface area (Å²) in [6.45, 7) is 6.39. The lowest BCUT2D eigenvalue weighted by Crippen LogP contribution is -2.47. The van der Waals surface area contributed by atoms with Crippen LogP contribution in [0.15, 0.2) is 24.3 Å². The van der Waals surface area contributed by atoms with Crippen molar-refractivity contribution in [1.82, 2.24) is 10.2 Å². The Hall–Kier alpha value is -1.46. The number of rotatable bonds is 4. The molecule has 0 aliphatic carbocycles. The maximum absolute atomic E-state index is 11.1. The van der Waals surface area contributed by atoms with E-state index in [0.717, 1.165) is 25.1 Å². The lowest BCUT2D eigenvalue weighted by molar-refractivity contribution is -0.385. The Morgan fingerprint density at radius 3 is 2.80 bits per heavy atom. The fourth-order valence-corrected chi connectivity index (χ4v) is 3.03. The summed E-state index contributed by atoms with van der Waals surface area (Å²) in [6, 6.07) is 7.40. The molecule has 1 aliphatic rings. The predicted octanol–water partition coefficient (Wildman–Crippen LogP) is 2.59. The second-order valence-corrected chi connectivity index (χ2v) is 5.84. The molecule has 3 unspecified atom stereocenters. The number of para-hydroxylation sites is 1. The minimum atomic E-state index is -0.300. The number of likely N-dealkylation sites (tertiary alicyclic amines) is 1. The third kappa shape index (κ3) is 3.35. The van der Waals surface area contributed by atoms with E-state index in [1.807, 2.05) is 19.1 Å². The number of hydrogen-bond acceptors (Lipinski definition) is 4. The summed E-state index contributed by atoms with van der Waals surface area (Å²) in [5, 5.41) is 14.7. The lowest BCUT2D eigenvalue weighted by atomic mass is 9.92. The molecular formula is C15H23N3O2. The molecule has 1 heterocycles. The second-order valence-electron chi connectivity index (χ2n) is 5.84. The van der Waals surface area contributed by atoms with E-state index in [9.17, 15) is 10.1 Å². The van der Waals surface area contributed by atoms with Crippen molar-refractivity contribution < 1.29 is 4.92 Å². The van der Waals surface area contributed by atoms with E-state index in [-0.39, 0.29) is 16.7 Å². The highest BCUT2D eigenvalue weighted by Crippen LogP contribution is 2.26. The Morgan fingerprint density at radius 2 is 2.15 bits per heavy atom. The van der Waals surface area contributed by atoms with Crippen LogP contribution in [-0.4, -0.2) is 36.0 Å². The van der Waals surface area contributed by atoms with Crippen LogP contribution >= 0.6 is 0 Å². The number of nitro benzene ring substituents is 1. The number of benzene rings is 1. The van der Waals surface area contributed by atoms with Gasteiger partial charge in [-0.1, -0.05) is 25.1 Å². The maximum Gasteiger partial charge on any atom is 0.274 e. The highest BCUT2D eigenvalue weighted by molar-refractivity contribution is 5.41. The molecule has 0 saturated carbocycles. The van der Waals surface area contributed by atoms with Crippen molar-refractivity contribution in [2.45, 2.75) is 32.4 Å². The van der Waals surface area contributed by atoms with Gasteiger partial charge in [-0.05, 0) is 32.9 Å². The molecule has 1 fully saturated rings. The summed E-state index contributed by atoms with van der Waals surface area (Å²) in [5.74, 6) is 0.555. The molecule has 3 atom stereocenters. The quantitative estimate of drug-likeness (QED) is 0.679. The van der Waals surface area contributed by atoms with E-state index in [4.69, 9.17) is 0 Å². The molecule has 0 amide bonds. The summed E-state index contributed by atoms with van der Waals surface area (Å²) in [6.07, 6.45) is 1.09. The minimum absolute atomic E-state index is 0.00699. The first-order valence-electron chi connectivity index (χ1n) is 7.17. The molecule has 2 rings (SSSR count). The van der Waals surface area contributed by atoms with E-state index in [1.54, 1.807) is 12.1 Å². The zero-order valence-corrected chi connectivity index (χ0v) is 12.4. The van der Waals surface area contributed by atoms with Crippen LogP contribution in [0.4, 0.5) is 5.69 Å². The molecular weight excluding hydrogens is 254 g/mol. The van der Waals surface area contributed by atoms with Crippen molar-refractivity contribution in [1.29, 1.82) is 0 Å². The van der Waals surface area contributed by atoms with Crippen molar-refractivity contribution >= 4 is 5.69 Å². The normalized spacial score (nSPS) is 25.4. The first-order chi connectivity index (χ1) is 9.49. The molecule has 0 spiro atoms. The van der Waals surface area contributed by atoms with Gasteiger partial charge in [-0.25, -0.2) is 0 Å². The third-order valence-electron chi connectivity index (χ3n) is 4.17. The van der Waals surface area contributed by atoms with Gasteiger partial charge in [0.2, 0.25) is 0 Å². The van der Waals surface area contributed by atoms with Gasteiger partial charge in [-0.15, -0.1) is 0 Å². The number of hydrogen-bond donors (Lipinski definition) is 1. The Labute approximate surface area is 120 Å². The molecule has 5 heteroatoms. The smallest absolute Gasteiger partial charge is 0.274 e. The van der Waals surface area contributed by atoms with Gasteiger partial charge in [-0.2, -0.15) is 0 Å². The fourth-order valence-electron chi connectivity index (χ4n) is 3.03. The largest absolute Gasteiger partial charge is 0.307 e. The Kier molecular flexibility index (Phi) is 4.73. The minimum Gasteiger partial charge on any atom is -0.307 e. The summed E-state index contributed by atoms with van der Waals surface area (Å²) < 4.78 is 0. The average molecular weight is 277 g/mol. The van der Waals surface area contributed by atoms with E-state index in [1.165, 1.54) is 0 Å². The van der Waals surface area contributed by atoms with Crippen LogP contribution in [0.25, 0.3) is 0 Å². The van der Waals surface area contributed by atoms with E-state index in [2.05, 4.69) is 24.2 Å². The van der Waals surface area contributed by atoms with Gasteiger partial charge in [0.15, 0.2) is 0 Å². The van der Waals surface area contributed by atoms with Gasteiger partial charge in [0.05, 0.1) is 4.92 Å². The third-order valence-corrected chi connectivity index (χ3v) is 4.17. The predicted molar refractivity (Wildman–Crippen MR) is 79.7 cm³/mol. The number of nitro groups is 1. The van der Waals surface area contributed by atoms with Crippen molar-refractivity contribution in [3.63, 3.8) is 0 Å². The van der Waals surface area contributed by atoms with Crippen LogP contribution in [0, 0.1) is 16.0 Å². The summed E-state index contributed by atoms with van der Waals surface area (Å²) >= 11 is 0. The Morgan fingerprint density at radius 1 is 1.45 bits per heavy atom. The highest BCUT2D eigenvalue weighted by atomic mass is 16.6. The van der Waals surface area contributed by atoms with Gasteiger partial charge in [0.25, 0.3) is 5.69 Å². The molecule has 0 radical (unpaired) electrons. The average Bonchev–Trinajstić information content (AvgIpc) is 2.41. The molecule has 1 saturated heterocycles. The molecule has 0 aromatic heterocycles. The van der Waals surface area contributed by atoms with Crippen molar-refractivity contribution in [3.8, 4) is 0 Å². The van der Waals surface area contributed by atoms with Crippen LogP contribution in [0.3, 0.4) is 0 Å². The van der Waals surface area contributed by atoms with Gasteiger partial charge >= 0.3 is 0 Å². The maximum atomic E-state index is 11.1. The Balaban J connectivity index is 2.08. The number of piperidine rings is 1.